The van der Waals surface area contributed by atoms with Gasteiger partial charge in [-0.3, -0.25) is 0 Å². The van der Waals surface area contributed by atoms with Crippen LogP contribution in [0.15, 0.2) is 35.7 Å². The van der Waals surface area contributed by atoms with Crippen LogP contribution in [0.5, 0.6) is 0 Å². The highest BCUT2D eigenvalue weighted by atomic mass is 32.1. The van der Waals surface area contributed by atoms with Crippen molar-refractivity contribution < 1.29 is 4.79 Å². The van der Waals surface area contributed by atoms with Gasteiger partial charge in [-0.25, -0.2) is 9.78 Å². The van der Waals surface area contributed by atoms with Gasteiger partial charge >= 0.3 is 6.03 Å². The molecule has 0 saturated heterocycles. The molecule has 2 rings (SSSR count). The maximum Gasteiger partial charge on any atom is 0.315 e. The molecule has 0 bridgehead atoms. The summed E-state index contributed by atoms with van der Waals surface area (Å²) < 4.78 is 0. The van der Waals surface area contributed by atoms with Crippen LogP contribution in [0, 0.1) is 0 Å². The summed E-state index contributed by atoms with van der Waals surface area (Å²) in [6, 6.07) is 9.73. The molecule has 0 radical (unpaired) electrons. The zero-order chi connectivity index (χ0) is 15.9. The molecule has 118 valence electrons. The second kappa shape index (κ2) is 7.79. The monoisotopic (exact) mass is 318 g/mol. The maximum absolute atomic E-state index is 11.9. The van der Waals surface area contributed by atoms with Gasteiger partial charge in [0.05, 0.1) is 12.2 Å². The van der Waals surface area contributed by atoms with E-state index >= 15 is 0 Å². The molecule has 2 N–H and O–H groups in total. The van der Waals surface area contributed by atoms with Crippen LogP contribution in [0.2, 0.25) is 0 Å². The first-order valence-electron chi connectivity index (χ1n) is 7.24. The van der Waals surface area contributed by atoms with E-state index in [2.05, 4.69) is 34.0 Å². The molecule has 0 aliphatic rings. The van der Waals surface area contributed by atoms with Crippen molar-refractivity contribution in [3.05, 3.63) is 46.3 Å². The van der Waals surface area contributed by atoms with Crippen LogP contribution < -0.4 is 15.5 Å². The predicted octanol–water partition coefficient (Wildman–Crippen LogP) is 2.81. The minimum Gasteiger partial charge on any atom is -0.363 e. The number of nitrogens with zero attached hydrogens (tertiary/aromatic N) is 2. The van der Waals surface area contributed by atoms with Crippen molar-refractivity contribution in [3.8, 4) is 0 Å². The Bertz CT molecular complexity index is 598. The van der Waals surface area contributed by atoms with Gasteiger partial charge in [0.2, 0.25) is 0 Å². The molecule has 6 heteroatoms. The minimum absolute atomic E-state index is 0.166. The summed E-state index contributed by atoms with van der Waals surface area (Å²) in [6.45, 7) is 3.15. The minimum atomic E-state index is -0.166. The van der Waals surface area contributed by atoms with E-state index in [0.717, 1.165) is 11.5 Å². The van der Waals surface area contributed by atoms with Crippen molar-refractivity contribution in [2.75, 3.05) is 25.5 Å². The van der Waals surface area contributed by atoms with Crippen LogP contribution >= 0.6 is 11.3 Å². The van der Waals surface area contributed by atoms with Crippen molar-refractivity contribution in [1.29, 1.82) is 0 Å². The predicted molar refractivity (Wildman–Crippen MR) is 91.5 cm³/mol. The van der Waals surface area contributed by atoms with Gasteiger partial charge in [-0.05, 0) is 23.6 Å². The fraction of sp³-hybridized carbons (Fsp3) is 0.375. The van der Waals surface area contributed by atoms with Crippen LogP contribution in [-0.4, -0.2) is 31.7 Å². The molecule has 22 heavy (non-hydrogen) atoms. The van der Waals surface area contributed by atoms with E-state index in [1.165, 1.54) is 4.88 Å². The summed E-state index contributed by atoms with van der Waals surface area (Å²) in [4.78, 5) is 19.5. The number of thiophene rings is 1. The number of pyridine rings is 1. The topological polar surface area (TPSA) is 57.3 Å². The van der Waals surface area contributed by atoms with Gasteiger partial charge in [0.25, 0.3) is 0 Å². The van der Waals surface area contributed by atoms with E-state index < -0.39 is 0 Å². The number of carbonyl (C=O) groups is 1. The Morgan fingerprint density at radius 1 is 1.27 bits per heavy atom. The van der Waals surface area contributed by atoms with E-state index in [-0.39, 0.29) is 6.03 Å². The van der Waals surface area contributed by atoms with Gasteiger partial charge in [0.15, 0.2) is 0 Å². The number of rotatable bonds is 6. The zero-order valence-electron chi connectivity index (χ0n) is 13.2. The molecule has 5 nitrogen and oxygen atoms in total. The summed E-state index contributed by atoms with van der Waals surface area (Å²) in [7, 11) is 3.89. The average Bonchev–Trinajstić information content (AvgIpc) is 3.05. The number of hydrogen-bond acceptors (Lipinski definition) is 4. The Labute approximate surface area is 135 Å². The summed E-state index contributed by atoms with van der Waals surface area (Å²) in [6.07, 6.45) is 0. The molecular weight excluding hydrogens is 296 g/mol. The van der Waals surface area contributed by atoms with Gasteiger partial charge in [-0.15, -0.1) is 11.3 Å². The molecule has 2 heterocycles. The fourth-order valence-electron chi connectivity index (χ4n) is 1.97. The largest absolute Gasteiger partial charge is 0.363 e. The first kappa shape index (κ1) is 16.3. The Hall–Kier alpha value is -2.08. The summed E-state index contributed by atoms with van der Waals surface area (Å²) in [5.41, 5.74) is 0.840. The second-order valence-corrected chi connectivity index (χ2v) is 6.34. The number of aromatic nitrogens is 1. The lowest BCUT2D eigenvalue weighted by Gasteiger charge is -2.14. The van der Waals surface area contributed by atoms with Gasteiger partial charge in [0, 0.05) is 31.4 Å². The molecule has 0 spiro atoms. The van der Waals surface area contributed by atoms with E-state index in [4.69, 9.17) is 0 Å². The van der Waals surface area contributed by atoms with E-state index in [0.29, 0.717) is 19.0 Å². The highest BCUT2D eigenvalue weighted by Crippen LogP contribution is 2.19. The van der Waals surface area contributed by atoms with Crippen LogP contribution in [0.4, 0.5) is 10.6 Å². The molecule has 0 aliphatic carbocycles. The smallest absolute Gasteiger partial charge is 0.315 e. The summed E-state index contributed by atoms with van der Waals surface area (Å²) in [5.74, 6) is 1.20. The van der Waals surface area contributed by atoms with Gasteiger partial charge in [-0.1, -0.05) is 19.1 Å². The zero-order valence-corrected chi connectivity index (χ0v) is 14.0. The first-order chi connectivity index (χ1) is 10.6. The average molecular weight is 318 g/mol. The van der Waals surface area contributed by atoms with Crippen LogP contribution in [0.1, 0.15) is 23.4 Å². The van der Waals surface area contributed by atoms with E-state index in [9.17, 15) is 4.79 Å². The lowest BCUT2D eigenvalue weighted by Crippen LogP contribution is -2.37. The van der Waals surface area contributed by atoms with Crippen molar-refractivity contribution in [2.24, 2.45) is 0 Å². The number of hydrogen-bond donors (Lipinski definition) is 2. The lowest BCUT2D eigenvalue weighted by atomic mass is 10.1. The van der Waals surface area contributed by atoms with Crippen LogP contribution in [0.3, 0.4) is 0 Å². The third-order valence-electron chi connectivity index (χ3n) is 3.28. The SMILES string of the molecule is CC(CNC(=O)NCc1cccc(N(C)C)n1)c1cccs1. The van der Waals surface area contributed by atoms with Crippen molar-refractivity contribution >= 4 is 23.2 Å². The molecule has 2 amide bonds. The quantitative estimate of drug-likeness (QED) is 0.861. The normalized spacial score (nSPS) is 11.8. The highest BCUT2D eigenvalue weighted by Gasteiger charge is 2.08. The van der Waals surface area contributed by atoms with Gasteiger partial charge in [0.1, 0.15) is 5.82 Å². The molecular formula is C16H22N4OS. The number of anilines is 1. The molecule has 0 saturated carbocycles. The third-order valence-corrected chi connectivity index (χ3v) is 4.38. The molecule has 2 aromatic rings. The lowest BCUT2D eigenvalue weighted by molar-refractivity contribution is 0.240. The van der Waals surface area contributed by atoms with Gasteiger partial charge in [-0.2, -0.15) is 0 Å². The molecule has 1 unspecified atom stereocenters. The number of nitrogens with one attached hydrogen (secondary N) is 2. The molecule has 2 aromatic heterocycles. The highest BCUT2D eigenvalue weighted by molar-refractivity contribution is 7.10. The van der Waals surface area contributed by atoms with Gasteiger partial charge < -0.3 is 15.5 Å². The Morgan fingerprint density at radius 3 is 2.77 bits per heavy atom. The van der Waals surface area contributed by atoms with Crippen molar-refractivity contribution in [2.45, 2.75) is 19.4 Å². The summed E-state index contributed by atoms with van der Waals surface area (Å²) >= 11 is 1.71. The van der Waals surface area contributed by atoms with Crippen LogP contribution in [0.25, 0.3) is 0 Å². The van der Waals surface area contributed by atoms with Crippen molar-refractivity contribution in [1.82, 2.24) is 15.6 Å². The Kier molecular flexibility index (Phi) is 5.77. The molecule has 0 aromatic carbocycles. The summed E-state index contributed by atoms with van der Waals surface area (Å²) in [5, 5.41) is 7.79. The van der Waals surface area contributed by atoms with Crippen LogP contribution in [-0.2, 0) is 6.54 Å². The molecule has 1 atom stereocenters. The number of carbonyl (C=O) groups excluding carboxylic acids is 1. The molecule has 0 aliphatic heterocycles. The first-order valence-corrected chi connectivity index (χ1v) is 8.12. The maximum atomic E-state index is 11.9. The van der Waals surface area contributed by atoms with E-state index in [1.54, 1.807) is 11.3 Å². The van der Waals surface area contributed by atoms with E-state index in [1.807, 2.05) is 43.3 Å². The Balaban J connectivity index is 1.77. The Morgan fingerprint density at radius 2 is 2.09 bits per heavy atom. The number of urea groups is 1. The number of amides is 2. The molecule has 0 fully saturated rings. The second-order valence-electron chi connectivity index (χ2n) is 5.36. The third kappa shape index (κ3) is 4.73. The standard InChI is InChI=1S/C16H22N4OS/c1-12(14-7-5-9-22-14)10-17-16(21)18-11-13-6-4-8-15(19-13)20(2)3/h4-9,12H,10-11H2,1-3H3,(H2,17,18,21). The van der Waals surface area contributed by atoms with Crippen molar-refractivity contribution in [3.63, 3.8) is 0 Å². The fourth-order valence-corrected chi connectivity index (χ4v) is 2.75.